The molecule has 5 heteroatoms. The average Bonchev–Trinajstić information content (AvgIpc) is 2.83. The van der Waals surface area contributed by atoms with Crippen LogP contribution in [0.4, 0.5) is 0 Å². The topological polar surface area (TPSA) is 73.7 Å². The number of carbonyl (C=O) groups is 1. The van der Waals surface area contributed by atoms with Crippen LogP contribution in [0.5, 0.6) is 5.75 Å². The van der Waals surface area contributed by atoms with Crippen LogP contribution in [-0.4, -0.2) is 39.2 Å². The minimum atomic E-state index is -1.13. The molecule has 1 aliphatic heterocycles. The van der Waals surface area contributed by atoms with Crippen molar-refractivity contribution < 1.29 is 15.0 Å². The maximum absolute atomic E-state index is 11.5. The molecule has 190 valence electrons. The second kappa shape index (κ2) is 10.4. The molecule has 1 fully saturated rings. The van der Waals surface area contributed by atoms with Crippen molar-refractivity contribution in [3.05, 3.63) is 70.4 Å². The molecule has 4 rings (SSSR count). The zero-order valence-electron chi connectivity index (χ0n) is 22.2. The lowest BCUT2D eigenvalue weighted by molar-refractivity contribution is 0.0693. The number of likely N-dealkylation sites (tertiary alicyclic amines) is 1. The highest BCUT2D eigenvalue weighted by atomic mass is 16.4. The molecule has 0 atom stereocenters. The van der Waals surface area contributed by atoms with E-state index in [9.17, 15) is 15.0 Å². The minimum Gasteiger partial charge on any atom is -0.507 e. The minimum absolute atomic E-state index is 0.0898. The quantitative estimate of drug-likeness (QED) is 0.381. The number of aromatic hydroxyl groups is 1. The number of aromatic nitrogens is 1. The Morgan fingerprint density at radius 2 is 1.83 bits per heavy atom. The Morgan fingerprint density at radius 1 is 1.06 bits per heavy atom. The summed E-state index contributed by atoms with van der Waals surface area (Å²) in [6, 6.07) is 13.6. The average molecular weight is 487 g/mol. The van der Waals surface area contributed by atoms with Crippen LogP contribution in [0.25, 0.3) is 22.4 Å². The number of aromatic carboxylic acids is 1. The van der Waals surface area contributed by atoms with Gasteiger partial charge < -0.3 is 10.2 Å². The summed E-state index contributed by atoms with van der Waals surface area (Å²) in [4.78, 5) is 19.1. The molecule has 2 heterocycles. The SMILES string of the molecule is CCc1ccc(CC)c(-c2cc(-c3ccc(C(=O)O)c(O)c3)c(CN3CCCC(C)(C)C3)c(C)n2)c1. The van der Waals surface area contributed by atoms with Gasteiger partial charge in [-0.1, -0.05) is 45.9 Å². The smallest absolute Gasteiger partial charge is 0.339 e. The van der Waals surface area contributed by atoms with E-state index in [0.29, 0.717) is 0 Å². The maximum Gasteiger partial charge on any atom is 0.339 e. The summed E-state index contributed by atoms with van der Waals surface area (Å²) in [5.41, 5.74) is 8.66. The van der Waals surface area contributed by atoms with Gasteiger partial charge in [0.05, 0.1) is 5.69 Å². The number of aryl methyl sites for hydroxylation is 3. The summed E-state index contributed by atoms with van der Waals surface area (Å²) in [5.74, 6) is -1.35. The van der Waals surface area contributed by atoms with E-state index in [4.69, 9.17) is 4.98 Å². The van der Waals surface area contributed by atoms with Crippen LogP contribution in [0.3, 0.4) is 0 Å². The van der Waals surface area contributed by atoms with Gasteiger partial charge in [0.25, 0.3) is 0 Å². The van der Waals surface area contributed by atoms with Crippen LogP contribution >= 0.6 is 0 Å². The highest BCUT2D eigenvalue weighted by Gasteiger charge is 2.27. The van der Waals surface area contributed by atoms with Crippen LogP contribution in [0.1, 0.15) is 73.3 Å². The Hall–Kier alpha value is -3.18. The van der Waals surface area contributed by atoms with Gasteiger partial charge in [0.2, 0.25) is 0 Å². The van der Waals surface area contributed by atoms with E-state index < -0.39 is 5.97 Å². The first-order chi connectivity index (χ1) is 17.1. The molecule has 0 spiro atoms. The Labute approximate surface area is 214 Å². The van der Waals surface area contributed by atoms with Crippen LogP contribution in [0, 0.1) is 12.3 Å². The van der Waals surface area contributed by atoms with Gasteiger partial charge in [0, 0.05) is 24.3 Å². The van der Waals surface area contributed by atoms with Gasteiger partial charge in [0.15, 0.2) is 0 Å². The third-order valence-corrected chi connectivity index (χ3v) is 7.47. The van der Waals surface area contributed by atoms with E-state index in [1.807, 2.05) is 0 Å². The first-order valence-electron chi connectivity index (χ1n) is 13.0. The number of benzene rings is 2. The largest absolute Gasteiger partial charge is 0.507 e. The number of hydrogen-bond acceptors (Lipinski definition) is 4. The van der Waals surface area contributed by atoms with Gasteiger partial charge in [0.1, 0.15) is 11.3 Å². The monoisotopic (exact) mass is 486 g/mol. The third-order valence-electron chi connectivity index (χ3n) is 7.47. The Morgan fingerprint density at radius 3 is 2.47 bits per heavy atom. The molecule has 0 saturated carbocycles. The molecule has 1 aliphatic rings. The molecule has 5 nitrogen and oxygen atoms in total. The van der Waals surface area contributed by atoms with E-state index in [1.54, 1.807) is 12.1 Å². The first kappa shape index (κ1) is 25.9. The molecule has 0 aliphatic carbocycles. The summed E-state index contributed by atoms with van der Waals surface area (Å²) in [5, 5.41) is 19.9. The number of hydrogen-bond donors (Lipinski definition) is 2. The summed E-state index contributed by atoms with van der Waals surface area (Å²) in [6.45, 7) is 13.9. The standard InChI is InChI=1S/C31H38N2O3/c1-6-21-9-10-22(7-2)26(15-21)28-17-25(23-11-12-24(30(35)36)29(34)16-23)27(20(3)32-28)18-33-14-8-13-31(4,5)19-33/h9-12,15-17,34H,6-8,13-14,18-19H2,1-5H3,(H,35,36). The predicted molar refractivity (Wildman–Crippen MR) is 146 cm³/mol. The second-order valence-corrected chi connectivity index (χ2v) is 10.8. The highest BCUT2D eigenvalue weighted by molar-refractivity contribution is 5.92. The van der Waals surface area contributed by atoms with E-state index in [-0.39, 0.29) is 16.7 Å². The van der Waals surface area contributed by atoms with Crippen molar-refractivity contribution in [1.82, 2.24) is 9.88 Å². The third kappa shape index (κ3) is 5.46. The molecular formula is C31H38N2O3. The zero-order chi connectivity index (χ0) is 26.0. The Bertz CT molecular complexity index is 1280. The summed E-state index contributed by atoms with van der Waals surface area (Å²) in [6.07, 6.45) is 4.26. The molecule has 0 bridgehead atoms. The summed E-state index contributed by atoms with van der Waals surface area (Å²) < 4.78 is 0. The van der Waals surface area contributed by atoms with Gasteiger partial charge in [-0.2, -0.15) is 0 Å². The molecule has 0 unspecified atom stereocenters. The van der Waals surface area contributed by atoms with Crippen molar-refractivity contribution >= 4 is 5.97 Å². The number of carboxylic acids is 1. The van der Waals surface area contributed by atoms with E-state index in [0.717, 1.165) is 66.1 Å². The molecule has 3 aromatic rings. The molecule has 0 radical (unpaired) electrons. The molecule has 2 N–H and O–H groups in total. The summed E-state index contributed by atoms with van der Waals surface area (Å²) >= 11 is 0. The van der Waals surface area contributed by atoms with Gasteiger partial charge in [-0.05, 0) is 96.6 Å². The fourth-order valence-electron chi connectivity index (χ4n) is 5.47. The second-order valence-electron chi connectivity index (χ2n) is 10.8. The lowest BCUT2D eigenvalue weighted by atomic mass is 9.83. The van der Waals surface area contributed by atoms with Crippen molar-refractivity contribution in [1.29, 1.82) is 0 Å². The number of nitrogens with zero attached hydrogens (tertiary/aromatic N) is 2. The number of pyridine rings is 1. The van der Waals surface area contributed by atoms with E-state index in [1.165, 1.54) is 30.0 Å². The highest BCUT2D eigenvalue weighted by Crippen LogP contribution is 2.37. The van der Waals surface area contributed by atoms with Crippen LogP contribution in [0.15, 0.2) is 42.5 Å². The number of piperidine rings is 1. The summed E-state index contributed by atoms with van der Waals surface area (Å²) in [7, 11) is 0. The first-order valence-corrected chi connectivity index (χ1v) is 13.0. The molecule has 0 amide bonds. The normalized spacial score (nSPS) is 15.7. The van der Waals surface area contributed by atoms with Gasteiger partial charge in [-0.3, -0.25) is 9.88 Å². The molecule has 36 heavy (non-hydrogen) atoms. The lowest BCUT2D eigenvalue weighted by Crippen LogP contribution is -2.39. The Kier molecular flexibility index (Phi) is 7.51. The fraction of sp³-hybridized carbons (Fsp3) is 0.419. The predicted octanol–water partition coefficient (Wildman–Crippen LogP) is 6.87. The van der Waals surface area contributed by atoms with Crippen molar-refractivity contribution in [2.24, 2.45) is 5.41 Å². The Balaban J connectivity index is 1.88. The van der Waals surface area contributed by atoms with Crippen LogP contribution < -0.4 is 0 Å². The van der Waals surface area contributed by atoms with Crippen LogP contribution in [-0.2, 0) is 19.4 Å². The molecule has 2 aromatic carbocycles. The van der Waals surface area contributed by atoms with Crippen molar-refractivity contribution in [2.75, 3.05) is 13.1 Å². The zero-order valence-corrected chi connectivity index (χ0v) is 22.2. The van der Waals surface area contributed by atoms with E-state index in [2.05, 4.69) is 63.8 Å². The van der Waals surface area contributed by atoms with Crippen molar-refractivity contribution in [3.63, 3.8) is 0 Å². The number of rotatable bonds is 7. The molecule has 1 saturated heterocycles. The van der Waals surface area contributed by atoms with Gasteiger partial charge in [-0.25, -0.2) is 4.79 Å². The van der Waals surface area contributed by atoms with Gasteiger partial charge in [-0.15, -0.1) is 0 Å². The van der Waals surface area contributed by atoms with Gasteiger partial charge >= 0.3 is 5.97 Å². The van der Waals surface area contributed by atoms with Crippen molar-refractivity contribution in [2.45, 2.75) is 66.8 Å². The van der Waals surface area contributed by atoms with E-state index >= 15 is 0 Å². The molecule has 1 aromatic heterocycles. The molecular weight excluding hydrogens is 448 g/mol. The number of phenols is 1. The lowest BCUT2D eigenvalue weighted by Gasteiger charge is -2.38. The fourth-order valence-corrected chi connectivity index (χ4v) is 5.47. The van der Waals surface area contributed by atoms with Crippen molar-refractivity contribution in [3.8, 4) is 28.1 Å². The number of carboxylic acid groups (broad SMARTS) is 1. The maximum atomic E-state index is 11.5. The van der Waals surface area contributed by atoms with Crippen LogP contribution in [0.2, 0.25) is 0 Å².